The van der Waals surface area contributed by atoms with Crippen LogP contribution in [0.1, 0.15) is 25.7 Å². The second-order valence-corrected chi connectivity index (χ2v) is 7.60. The zero-order chi connectivity index (χ0) is 14.3. The molecule has 1 aliphatic carbocycles. The Labute approximate surface area is 111 Å². The van der Waals surface area contributed by atoms with E-state index in [9.17, 15) is 18.0 Å². The van der Waals surface area contributed by atoms with Gasteiger partial charge in [0.2, 0.25) is 5.91 Å². The Morgan fingerprint density at radius 2 is 2.00 bits per heavy atom. The van der Waals surface area contributed by atoms with Crippen molar-refractivity contribution in [2.24, 2.45) is 5.73 Å². The van der Waals surface area contributed by atoms with Gasteiger partial charge in [-0.2, -0.15) is 0 Å². The number of nitrogens with zero attached hydrogens (tertiary/aromatic N) is 1. The predicted octanol–water partition coefficient (Wildman–Crippen LogP) is -1.03. The van der Waals surface area contributed by atoms with E-state index in [0.29, 0.717) is 12.8 Å². The molecule has 1 saturated heterocycles. The highest BCUT2D eigenvalue weighted by atomic mass is 32.2. The van der Waals surface area contributed by atoms with Crippen molar-refractivity contribution in [3.8, 4) is 0 Å². The monoisotopic (exact) mass is 290 g/mol. The Balaban J connectivity index is 2.17. The highest BCUT2D eigenvalue weighted by Gasteiger charge is 2.46. The number of hydrogen-bond acceptors (Lipinski definition) is 5. The van der Waals surface area contributed by atoms with Crippen LogP contribution in [-0.4, -0.2) is 59.9 Å². The summed E-state index contributed by atoms with van der Waals surface area (Å²) in [6.45, 7) is 0.0397. The third kappa shape index (κ3) is 2.89. The molecule has 1 amide bonds. The summed E-state index contributed by atoms with van der Waals surface area (Å²) in [6, 6.07) is -0.801. The summed E-state index contributed by atoms with van der Waals surface area (Å²) in [5.41, 5.74) is 5.03. The number of sulfone groups is 1. The number of aliphatic carboxylic acids is 1. The SMILES string of the molecule is NC1(C(=O)N2CCS(=O)(=O)CC2CC(=O)O)CCC1. The molecular formula is C11H18N2O5S. The lowest BCUT2D eigenvalue weighted by molar-refractivity contribution is -0.145. The molecule has 0 bridgehead atoms. The molecule has 1 atom stereocenters. The lowest BCUT2D eigenvalue weighted by Gasteiger charge is -2.44. The Morgan fingerprint density at radius 3 is 2.47 bits per heavy atom. The first kappa shape index (κ1) is 14.3. The van der Waals surface area contributed by atoms with Crippen molar-refractivity contribution in [2.45, 2.75) is 37.3 Å². The van der Waals surface area contributed by atoms with E-state index < -0.39 is 27.4 Å². The van der Waals surface area contributed by atoms with Gasteiger partial charge in [0, 0.05) is 6.54 Å². The summed E-state index contributed by atoms with van der Waals surface area (Å²) >= 11 is 0. The van der Waals surface area contributed by atoms with E-state index in [2.05, 4.69) is 0 Å². The minimum Gasteiger partial charge on any atom is -0.481 e. The van der Waals surface area contributed by atoms with Gasteiger partial charge in [-0.05, 0) is 19.3 Å². The summed E-state index contributed by atoms with van der Waals surface area (Å²) in [5, 5.41) is 8.85. The first-order valence-corrected chi connectivity index (χ1v) is 8.08. The molecule has 3 N–H and O–H groups in total. The molecule has 0 spiro atoms. The van der Waals surface area contributed by atoms with Crippen molar-refractivity contribution in [1.29, 1.82) is 0 Å². The Kier molecular flexibility index (Phi) is 3.57. The van der Waals surface area contributed by atoms with E-state index in [1.807, 2.05) is 0 Å². The molecule has 19 heavy (non-hydrogen) atoms. The van der Waals surface area contributed by atoms with E-state index in [1.165, 1.54) is 4.90 Å². The van der Waals surface area contributed by atoms with Gasteiger partial charge in [0.25, 0.3) is 0 Å². The third-order valence-electron chi connectivity index (χ3n) is 3.87. The van der Waals surface area contributed by atoms with Gasteiger partial charge in [0.15, 0.2) is 9.84 Å². The Morgan fingerprint density at radius 1 is 1.37 bits per heavy atom. The topological polar surface area (TPSA) is 118 Å². The molecule has 1 aliphatic heterocycles. The lowest BCUT2D eigenvalue weighted by Crippen LogP contribution is -2.64. The first-order chi connectivity index (χ1) is 8.73. The molecule has 0 aromatic heterocycles. The predicted molar refractivity (Wildman–Crippen MR) is 67.2 cm³/mol. The molecule has 2 fully saturated rings. The standard InChI is InChI=1S/C11H18N2O5S/c12-11(2-1-3-11)10(16)13-4-5-19(17,18)7-8(13)6-9(14)15/h8H,1-7,12H2,(H,14,15). The second-order valence-electron chi connectivity index (χ2n) is 5.37. The third-order valence-corrected chi connectivity index (χ3v) is 5.57. The largest absolute Gasteiger partial charge is 0.481 e. The molecule has 2 aliphatic rings. The van der Waals surface area contributed by atoms with Crippen LogP contribution in [0.4, 0.5) is 0 Å². The van der Waals surface area contributed by atoms with Crippen molar-refractivity contribution >= 4 is 21.7 Å². The van der Waals surface area contributed by atoms with Crippen LogP contribution in [0.3, 0.4) is 0 Å². The van der Waals surface area contributed by atoms with Gasteiger partial charge >= 0.3 is 5.97 Å². The highest BCUT2D eigenvalue weighted by molar-refractivity contribution is 7.91. The maximum Gasteiger partial charge on any atom is 0.305 e. The van der Waals surface area contributed by atoms with Gasteiger partial charge in [-0.25, -0.2) is 8.42 Å². The van der Waals surface area contributed by atoms with Gasteiger partial charge in [-0.15, -0.1) is 0 Å². The van der Waals surface area contributed by atoms with Gasteiger partial charge in [0.05, 0.1) is 29.5 Å². The minimum atomic E-state index is -3.28. The molecule has 0 aromatic carbocycles. The molecule has 2 rings (SSSR count). The van der Waals surface area contributed by atoms with Crippen LogP contribution in [0.2, 0.25) is 0 Å². The van der Waals surface area contributed by atoms with Crippen LogP contribution in [0.5, 0.6) is 0 Å². The summed E-state index contributed by atoms with van der Waals surface area (Å²) in [6.07, 6.45) is 1.67. The fourth-order valence-electron chi connectivity index (χ4n) is 2.58. The zero-order valence-electron chi connectivity index (χ0n) is 10.5. The van der Waals surface area contributed by atoms with E-state index in [0.717, 1.165) is 6.42 Å². The minimum absolute atomic E-state index is 0.0397. The number of hydrogen-bond donors (Lipinski definition) is 2. The van der Waals surface area contributed by atoms with Crippen LogP contribution in [-0.2, 0) is 19.4 Å². The van der Waals surface area contributed by atoms with E-state index in [4.69, 9.17) is 10.8 Å². The maximum absolute atomic E-state index is 12.3. The molecule has 1 unspecified atom stereocenters. The number of carboxylic acids is 1. The molecular weight excluding hydrogens is 272 g/mol. The normalized spacial score (nSPS) is 28.5. The van der Waals surface area contributed by atoms with Crippen LogP contribution >= 0.6 is 0 Å². The summed E-state index contributed by atoms with van der Waals surface area (Å²) in [4.78, 5) is 24.5. The molecule has 8 heteroatoms. The van der Waals surface area contributed by atoms with Crippen molar-refractivity contribution in [2.75, 3.05) is 18.1 Å². The number of carbonyl (C=O) groups is 2. The quantitative estimate of drug-likeness (QED) is 0.686. The maximum atomic E-state index is 12.3. The van der Waals surface area contributed by atoms with E-state index >= 15 is 0 Å². The Hall–Kier alpha value is -1.15. The second kappa shape index (κ2) is 4.75. The van der Waals surface area contributed by atoms with E-state index in [-0.39, 0.29) is 30.4 Å². The Bertz CT molecular complexity index is 497. The molecule has 1 saturated carbocycles. The highest BCUT2D eigenvalue weighted by Crippen LogP contribution is 2.32. The number of nitrogens with two attached hydrogens (primary N) is 1. The molecule has 108 valence electrons. The van der Waals surface area contributed by atoms with Crippen molar-refractivity contribution < 1.29 is 23.1 Å². The van der Waals surface area contributed by atoms with Gasteiger partial charge < -0.3 is 15.7 Å². The number of carbonyl (C=O) groups excluding carboxylic acids is 1. The van der Waals surface area contributed by atoms with Gasteiger partial charge in [0.1, 0.15) is 0 Å². The summed E-state index contributed by atoms with van der Waals surface area (Å²) < 4.78 is 23.2. The molecule has 1 heterocycles. The molecule has 0 radical (unpaired) electrons. The van der Waals surface area contributed by atoms with Crippen LogP contribution < -0.4 is 5.73 Å². The number of carboxylic acid groups (broad SMARTS) is 1. The number of amides is 1. The van der Waals surface area contributed by atoms with Crippen LogP contribution in [0.15, 0.2) is 0 Å². The van der Waals surface area contributed by atoms with Gasteiger partial charge in [-0.3, -0.25) is 9.59 Å². The molecule has 7 nitrogen and oxygen atoms in total. The average molecular weight is 290 g/mol. The smallest absolute Gasteiger partial charge is 0.305 e. The fourth-order valence-corrected chi connectivity index (χ4v) is 4.11. The van der Waals surface area contributed by atoms with Crippen LogP contribution in [0.25, 0.3) is 0 Å². The molecule has 0 aromatic rings. The van der Waals surface area contributed by atoms with Gasteiger partial charge in [-0.1, -0.05) is 0 Å². The fraction of sp³-hybridized carbons (Fsp3) is 0.818. The van der Waals surface area contributed by atoms with Crippen molar-refractivity contribution in [1.82, 2.24) is 4.90 Å². The lowest BCUT2D eigenvalue weighted by atomic mass is 9.76. The zero-order valence-corrected chi connectivity index (χ0v) is 11.4. The van der Waals surface area contributed by atoms with Crippen molar-refractivity contribution in [3.63, 3.8) is 0 Å². The average Bonchev–Trinajstić information content (AvgIpc) is 2.23. The first-order valence-electron chi connectivity index (χ1n) is 6.26. The van der Waals surface area contributed by atoms with E-state index in [1.54, 1.807) is 0 Å². The summed E-state index contributed by atoms with van der Waals surface area (Å²) in [7, 11) is -3.28. The number of rotatable bonds is 3. The van der Waals surface area contributed by atoms with Crippen molar-refractivity contribution in [3.05, 3.63) is 0 Å². The van der Waals surface area contributed by atoms with Crippen LogP contribution in [0, 0.1) is 0 Å². The summed E-state index contributed by atoms with van der Waals surface area (Å²) in [5.74, 6) is -1.83.